The molecule has 1 amide bonds. The minimum atomic E-state index is -0.782. The monoisotopic (exact) mass is 287 g/mol. The van der Waals surface area contributed by atoms with E-state index in [1.54, 1.807) is 20.9 Å². The summed E-state index contributed by atoms with van der Waals surface area (Å²) in [7, 11) is 1.56. The third-order valence-corrected chi connectivity index (χ3v) is 3.66. The topological polar surface area (TPSA) is 75.3 Å². The highest BCUT2D eigenvalue weighted by molar-refractivity contribution is 5.81. The molecule has 0 saturated carbocycles. The molecule has 0 aromatic rings. The van der Waals surface area contributed by atoms with Gasteiger partial charge in [0, 0.05) is 7.05 Å². The minimum absolute atomic E-state index is 0.256. The summed E-state index contributed by atoms with van der Waals surface area (Å²) >= 11 is 0. The summed E-state index contributed by atoms with van der Waals surface area (Å²) in [5.41, 5.74) is 0. The van der Waals surface area contributed by atoms with Crippen LogP contribution in [0.3, 0.4) is 0 Å². The predicted octanol–water partition coefficient (Wildman–Crippen LogP) is 0.129. The lowest BCUT2D eigenvalue weighted by Gasteiger charge is -2.36. The SMILES string of the molecule is CNC(=O)[C@@H]1O[C@H]2OC(C)(C)O[C@@H]2[C@H]2OC(C)(C)O[C@H]21. The largest absolute Gasteiger partial charge is 0.357 e. The van der Waals surface area contributed by atoms with Gasteiger partial charge < -0.3 is 29.0 Å². The number of carbonyl (C=O) groups excluding carboxylic acids is 1. The van der Waals surface area contributed by atoms with Gasteiger partial charge in [0.25, 0.3) is 5.91 Å². The lowest BCUT2D eigenvalue weighted by Crippen LogP contribution is -2.59. The van der Waals surface area contributed by atoms with Gasteiger partial charge in [-0.1, -0.05) is 0 Å². The Kier molecular flexibility index (Phi) is 3.11. The zero-order valence-electron chi connectivity index (χ0n) is 12.3. The van der Waals surface area contributed by atoms with Crippen molar-refractivity contribution in [2.24, 2.45) is 0 Å². The standard InChI is InChI=1S/C13H21NO6/c1-12(2)17-6-7(18-12)9-11(20-13(3,4)19-9)16-8(6)10(15)14-5/h6-9,11H,1-5H3,(H,14,15)/t6-,7+,8-,9-,11+/m1/s1. The van der Waals surface area contributed by atoms with Crippen molar-refractivity contribution in [2.75, 3.05) is 7.05 Å². The van der Waals surface area contributed by atoms with Gasteiger partial charge in [0.1, 0.15) is 18.3 Å². The molecular weight excluding hydrogens is 266 g/mol. The zero-order valence-corrected chi connectivity index (χ0v) is 12.3. The average molecular weight is 287 g/mol. The van der Waals surface area contributed by atoms with Crippen LogP contribution in [-0.4, -0.2) is 55.2 Å². The predicted molar refractivity (Wildman–Crippen MR) is 66.6 cm³/mol. The van der Waals surface area contributed by atoms with Crippen molar-refractivity contribution in [2.45, 2.75) is 70.0 Å². The molecule has 3 fully saturated rings. The van der Waals surface area contributed by atoms with Crippen LogP contribution in [0.2, 0.25) is 0 Å². The Morgan fingerprint density at radius 2 is 1.45 bits per heavy atom. The Labute approximate surface area is 117 Å². The van der Waals surface area contributed by atoms with Gasteiger partial charge in [-0.2, -0.15) is 0 Å². The second-order valence-electron chi connectivity index (χ2n) is 6.20. The van der Waals surface area contributed by atoms with Crippen LogP contribution >= 0.6 is 0 Å². The maximum absolute atomic E-state index is 12.0. The smallest absolute Gasteiger partial charge is 0.251 e. The summed E-state index contributed by atoms with van der Waals surface area (Å²) in [5, 5.41) is 2.58. The lowest BCUT2D eigenvalue weighted by atomic mass is 9.98. The van der Waals surface area contributed by atoms with Crippen molar-refractivity contribution in [1.29, 1.82) is 0 Å². The fraction of sp³-hybridized carbons (Fsp3) is 0.923. The highest BCUT2D eigenvalue weighted by atomic mass is 16.9. The number of ether oxygens (including phenoxy) is 5. The number of carbonyl (C=O) groups is 1. The van der Waals surface area contributed by atoms with Crippen molar-refractivity contribution in [3.8, 4) is 0 Å². The Morgan fingerprint density at radius 1 is 0.900 bits per heavy atom. The van der Waals surface area contributed by atoms with Crippen molar-refractivity contribution in [3.63, 3.8) is 0 Å². The van der Waals surface area contributed by atoms with E-state index >= 15 is 0 Å². The number of nitrogens with one attached hydrogen (secondary N) is 1. The number of fused-ring (bicyclic) bond motifs is 3. The van der Waals surface area contributed by atoms with E-state index < -0.39 is 42.3 Å². The molecular formula is C13H21NO6. The molecule has 0 aromatic heterocycles. The normalized spacial score (nSPS) is 44.8. The number of amides is 1. The molecule has 7 heteroatoms. The van der Waals surface area contributed by atoms with E-state index in [9.17, 15) is 4.79 Å². The van der Waals surface area contributed by atoms with Crippen molar-refractivity contribution in [1.82, 2.24) is 5.32 Å². The van der Waals surface area contributed by atoms with Crippen LogP contribution in [0.5, 0.6) is 0 Å². The maximum atomic E-state index is 12.0. The summed E-state index contributed by atoms with van der Waals surface area (Å²) in [6, 6.07) is 0. The average Bonchev–Trinajstić information content (AvgIpc) is 2.81. The Bertz CT molecular complexity index is 423. The Hall–Kier alpha value is -0.730. The minimum Gasteiger partial charge on any atom is -0.357 e. The Morgan fingerprint density at radius 3 is 2.10 bits per heavy atom. The van der Waals surface area contributed by atoms with Crippen LogP contribution in [0.4, 0.5) is 0 Å². The first kappa shape index (κ1) is 14.2. The van der Waals surface area contributed by atoms with Crippen LogP contribution in [0, 0.1) is 0 Å². The lowest BCUT2D eigenvalue weighted by molar-refractivity contribution is -0.231. The van der Waals surface area contributed by atoms with E-state index in [1.165, 1.54) is 0 Å². The third kappa shape index (κ3) is 2.23. The fourth-order valence-corrected chi connectivity index (χ4v) is 2.97. The van der Waals surface area contributed by atoms with Crippen LogP contribution in [0.25, 0.3) is 0 Å². The summed E-state index contributed by atoms with van der Waals surface area (Å²) < 4.78 is 29.0. The molecule has 1 N–H and O–H groups in total. The molecule has 5 atom stereocenters. The first-order valence-electron chi connectivity index (χ1n) is 6.81. The van der Waals surface area contributed by atoms with Gasteiger partial charge in [-0.15, -0.1) is 0 Å². The summed E-state index contributed by atoms with van der Waals surface area (Å²) in [6.45, 7) is 7.23. The molecule has 3 heterocycles. The molecule has 114 valence electrons. The van der Waals surface area contributed by atoms with Crippen molar-refractivity contribution in [3.05, 3.63) is 0 Å². The van der Waals surface area contributed by atoms with Crippen LogP contribution < -0.4 is 5.32 Å². The van der Waals surface area contributed by atoms with Crippen LogP contribution in [0.15, 0.2) is 0 Å². The maximum Gasteiger partial charge on any atom is 0.251 e. The number of rotatable bonds is 1. The van der Waals surface area contributed by atoms with Gasteiger partial charge in [0.15, 0.2) is 24.0 Å². The molecule has 0 unspecified atom stereocenters. The second-order valence-corrected chi connectivity index (χ2v) is 6.20. The van der Waals surface area contributed by atoms with E-state index in [2.05, 4.69) is 5.32 Å². The van der Waals surface area contributed by atoms with Gasteiger partial charge >= 0.3 is 0 Å². The van der Waals surface area contributed by atoms with Gasteiger partial charge in [-0.3, -0.25) is 4.79 Å². The quantitative estimate of drug-likeness (QED) is 0.739. The molecule has 3 rings (SSSR count). The van der Waals surface area contributed by atoms with Crippen LogP contribution in [0.1, 0.15) is 27.7 Å². The van der Waals surface area contributed by atoms with Gasteiger partial charge in [0.2, 0.25) is 0 Å². The molecule has 7 nitrogen and oxygen atoms in total. The highest BCUT2D eigenvalue weighted by Crippen LogP contribution is 2.44. The zero-order chi connectivity index (χ0) is 14.7. The first-order chi connectivity index (χ1) is 9.22. The summed E-state index contributed by atoms with van der Waals surface area (Å²) in [6.07, 6.45) is -2.72. The molecule has 0 radical (unpaired) electrons. The fourth-order valence-electron chi connectivity index (χ4n) is 2.97. The molecule has 0 bridgehead atoms. The molecule has 20 heavy (non-hydrogen) atoms. The van der Waals surface area contributed by atoms with Crippen molar-refractivity contribution < 1.29 is 28.5 Å². The molecule has 3 aliphatic heterocycles. The highest BCUT2D eigenvalue weighted by Gasteiger charge is 2.61. The van der Waals surface area contributed by atoms with Gasteiger partial charge in [-0.05, 0) is 27.7 Å². The first-order valence-corrected chi connectivity index (χ1v) is 6.81. The third-order valence-electron chi connectivity index (χ3n) is 3.66. The second kappa shape index (κ2) is 4.38. The van der Waals surface area contributed by atoms with E-state index in [-0.39, 0.29) is 5.91 Å². The molecule has 0 aliphatic carbocycles. The van der Waals surface area contributed by atoms with E-state index in [4.69, 9.17) is 23.7 Å². The summed E-state index contributed by atoms with van der Waals surface area (Å²) in [4.78, 5) is 12.0. The molecule has 3 aliphatic rings. The number of likely N-dealkylation sites (N-methyl/N-ethyl adjacent to an activating group) is 1. The van der Waals surface area contributed by atoms with E-state index in [0.29, 0.717) is 0 Å². The Balaban J connectivity index is 1.90. The van der Waals surface area contributed by atoms with Crippen LogP contribution in [-0.2, 0) is 28.5 Å². The van der Waals surface area contributed by atoms with E-state index in [1.807, 2.05) is 13.8 Å². The molecule has 0 spiro atoms. The number of hydrogen-bond acceptors (Lipinski definition) is 6. The van der Waals surface area contributed by atoms with Crippen molar-refractivity contribution >= 4 is 5.91 Å². The van der Waals surface area contributed by atoms with E-state index in [0.717, 1.165) is 0 Å². The molecule has 0 aromatic carbocycles. The number of hydrogen-bond donors (Lipinski definition) is 1. The summed E-state index contributed by atoms with van der Waals surface area (Å²) in [5.74, 6) is -1.81. The van der Waals surface area contributed by atoms with Gasteiger partial charge in [-0.25, -0.2) is 0 Å². The van der Waals surface area contributed by atoms with Gasteiger partial charge in [0.05, 0.1) is 0 Å². The molecule has 3 saturated heterocycles.